The first-order valence-corrected chi connectivity index (χ1v) is 9.34. The van der Waals surface area contributed by atoms with Crippen molar-refractivity contribution < 1.29 is 9.21 Å². The Labute approximate surface area is 161 Å². The van der Waals surface area contributed by atoms with E-state index in [-0.39, 0.29) is 5.91 Å². The number of aromatic nitrogens is 2. The number of nitrogens with zero attached hydrogens (tertiary/aromatic N) is 2. The smallest absolute Gasteiger partial charge is 0.220 e. The number of carbonyl (C=O) groups is 1. The van der Waals surface area contributed by atoms with Gasteiger partial charge in [-0.3, -0.25) is 9.48 Å². The highest BCUT2D eigenvalue weighted by molar-refractivity contribution is 9.10. The zero-order chi connectivity index (χ0) is 18.7. The van der Waals surface area contributed by atoms with Gasteiger partial charge in [0.05, 0.1) is 12.2 Å². The summed E-state index contributed by atoms with van der Waals surface area (Å²) in [4.78, 5) is 12.1. The highest BCUT2D eigenvalue weighted by Gasteiger charge is 2.12. The van der Waals surface area contributed by atoms with Crippen LogP contribution in [0.3, 0.4) is 0 Å². The molecule has 0 spiro atoms. The molecule has 0 atom stereocenters. The maximum absolute atomic E-state index is 12.1. The van der Waals surface area contributed by atoms with Gasteiger partial charge >= 0.3 is 0 Å². The Kier molecular flexibility index (Phi) is 5.61. The summed E-state index contributed by atoms with van der Waals surface area (Å²) < 4.78 is 8.70. The van der Waals surface area contributed by atoms with E-state index in [1.807, 2.05) is 62.0 Å². The molecule has 0 fully saturated rings. The molecular formula is C20H22BrN3O2. The molecule has 0 aliphatic rings. The Morgan fingerprint density at radius 1 is 1.19 bits per heavy atom. The number of benzene rings is 1. The van der Waals surface area contributed by atoms with Crippen LogP contribution in [0, 0.1) is 13.8 Å². The van der Waals surface area contributed by atoms with Crippen molar-refractivity contribution >= 4 is 21.8 Å². The number of hydrogen-bond acceptors (Lipinski definition) is 3. The van der Waals surface area contributed by atoms with Crippen molar-refractivity contribution in [1.82, 2.24) is 15.1 Å². The molecule has 26 heavy (non-hydrogen) atoms. The fourth-order valence-corrected chi connectivity index (χ4v) is 3.20. The predicted molar refractivity (Wildman–Crippen MR) is 105 cm³/mol. The summed E-state index contributed by atoms with van der Waals surface area (Å²) >= 11 is 3.42. The minimum Gasteiger partial charge on any atom is -0.459 e. The van der Waals surface area contributed by atoms with E-state index in [0.717, 1.165) is 38.5 Å². The normalized spacial score (nSPS) is 10.9. The largest absolute Gasteiger partial charge is 0.459 e. The summed E-state index contributed by atoms with van der Waals surface area (Å²) in [5, 5.41) is 7.31. The Morgan fingerprint density at radius 2 is 1.92 bits per heavy atom. The predicted octanol–water partition coefficient (Wildman–Crippen LogP) is 4.31. The van der Waals surface area contributed by atoms with Gasteiger partial charge in [0.15, 0.2) is 0 Å². The van der Waals surface area contributed by atoms with Crippen LogP contribution in [0.15, 0.2) is 45.3 Å². The number of nitrogens with one attached hydrogen (secondary N) is 1. The molecule has 0 unspecified atom stereocenters. The Balaban J connectivity index is 1.52. The molecule has 3 rings (SSSR count). The second-order valence-corrected chi connectivity index (χ2v) is 7.24. The average Bonchev–Trinajstić information content (AvgIpc) is 3.18. The topological polar surface area (TPSA) is 60.1 Å². The van der Waals surface area contributed by atoms with Gasteiger partial charge < -0.3 is 9.73 Å². The van der Waals surface area contributed by atoms with Gasteiger partial charge in [-0.25, -0.2) is 0 Å². The lowest BCUT2D eigenvalue weighted by Crippen LogP contribution is -2.22. The SMILES string of the molecule is Cc1nn(C)c(C)c1CCC(=O)NCc1ccc(-c2ccc(Br)cc2)o1. The number of hydrogen-bond donors (Lipinski definition) is 1. The first-order chi connectivity index (χ1) is 12.4. The molecule has 0 saturated carbocycles. The molecular weight excluding hydrogens is 394 g/mol. The summed E-state index contributed by atoms with van der Waals surface area (Å²) in [6, 6.07) is 11.7. The average molecular weight is 416 g/mol. The molecule has 1 amide bonds. The van der Waals surface area contributed by atoms with Crippen LogP contribution < -0.4 is 5.32 Å². The summed E-state index contributed by atoms with van der Waals surface area (Å²) in [6.45, 7) is 4.40. The molecule has 136 valence electrons. The second kappa shape index (κ2) is 7.91. The highest BCUT2D eigenvalue weighted by Crippen LogP contribution is 2.24. The number of rotatable bonds is 6. The Hall–Kier alpha value is -2.34. The van der Waals surface area contributed by atoms with Crippen molar-refractivity contribution in [1.29, 1.82) is 0 Å². The molecule has 0 saturated heterocycles. The molecule has 3 aromatic rings. The van der Waals surface area contributed by atoms with Crippen LogP contribution in [-0.4, -0.2) is 15.7 Å². The quantitative estimate of drug-likeness (QED) is 0.652. The molecule has 0 aliphatic heterocycles. The second-order valence-electron chi connectivity index (χ2n) is 6.32. The maximum atomic E-state index is 12.1. The van der Waals surface area contributed by atoms with Gasteiger partial charge in [0.1, 0.15) is 11.5 Å². The third-order valence-electron chi connectivity index (χ3n) is 4.51. The van der Waals surface area contributed by atoms with E-state index >= 15 is 0 Å². The van der Waals surface area contributed by atoms with Crippen molar-refractivity contribution in [2.75, 3.05) is 0 Å². The maximum Gasteiger partial charge on any atom is 0.220 e. The van der Waals surface area contributed by atoms with Crippen molar-refractivity contribution in [3.63, 3.8) is 0 Å². The first-order valence-electron chi connectivity index (χ1n) is 8.54. The van der Waals surface area contributed by atoms with Crippen molar-refractivity contribution in [2.24, 2.45) is 7.05 Å². The highest BCUT2D eigenvalue weighted by atomic mass is 79.9. The van der Waals surface area contributed by atoms with Crippen LogP contribution in [0.25, 0.3) is 11.3 Å². The lowest BCUT2D eigenvalue weighted by molar-refractivity contribution is -0.121. The van der Waals surface area contributed by atoms with E-state index in [1.165, 1.54) is 0 Å². The lowest BCUT2D eigenvalue weighted by Gasteiger charge is -2.04. The zero-order valence-electron chi connectivity index (χ0n) is 15.2. The van der Waals surface area contributed by atoms with Crippen LogP contribution in [0.4, 0.5) is 0 Å². The fourth-order valence-electron chi connectivity index (χ4n) is 2.93. The molecule has 5 nitrogen and oxygen atoms in total. The summed E-state index contributed by atoms with van der Waals surface area (Å²) in [6.07, 6.45) is 1.13. The summed E-state index contributed by atoms with van der Waals surface area (Å²) in [5.41, 5.74) is 4.26. The van der Waals surface area contributed by atoms with E-state index in [2.05, 4.69) is 26.3 Å². The summed E-state index contributed by atoms with van der Waals surface area (Å²) in [5.74, 6) is 1.54. The number of furan rings is 1. The molecule has 0 aliphatic carbocycles. The molecule has 0 bridgehead atoms. The van der Waals surface area contributed by atoms with Crippen LogP contribution >= 0.6 is 15.9 Å². The number of carbonyl (C=O) groups excluding carboxylic acids is 1. The molecule has 1 N–H and O–H groups in total. The van der Waals surface area contributed by atoms with Gasteiger partial charge in [-0.1, -0.05) is 28.1 Å². The van der Waals surface area contributed by atoms with Crippen molar-refractivity contribution in [3.05, 3.63) is 63.6 Å². The van der Waals surface area contributed by atoms with Crippen LogP contribution in [0.5, 0.6) is 0 Å². The van der Waals surface area contributed by atoms with Crippen LogP contribution in [-0.2, 0) is 24.8 Å². The molecule has 2 aromatic heterocycles. The third-order valence-corrected chi connectivity index (χ3v) is 5.04. The van der Waals surface area contributed by atoms with Crippen LogP contribution in [0.2, 0.25) is 0 Å². The van der Waals surface area contributed by atoms with Gasteiger partial charge in [-0.15, -0.1) is 0 Å². The lowest BCUT2D eigenvalue weighted by atomic mass is 10.1. The van der Waals surface area contributed by atoms with Crippen molar-refractivity contribution in [2.45, 2.75) is 33.2 Å². The van der Waals surface area contributed by atoms with Gasteiger partial charge in [0, 0.05) is 29.2 Å². The van der Waals surface area contributed by atoms with E-state index in [0.29, 0.717) is 19.4 Å². The monoisotopic (exact) mass is 415 g/mol. The van der Waals surface area contributed by atoms with Crippen molar-refractivity contribution in [3.8, 4) is 11.3 Å². The number of amides is 1. The minimum atomic E-state index is 0.00856. The van der Waals surface area contributed by atoms with Gasteiger partial charge in [-0.2, -0.15) is 5.10 Å². The standard InChI is InChI=1S/C20H22BrN3O2/c1-13-18(14(2)24(3)23-13)9-11-20(25)22-12-17-8-10-19(26-17)15-4-6-16(21)7-5-15/h4-8,10H,9,11-12H2,1-3H3,(H,22,25). The van der Waals surface area contributed by atoms with E-state index in [1.54, 1.807) is 0 Å². The van der Waals surface area contributed by atoms with E-state index < -0.39 is 0 Å². The number of halogens is 1. The number of aryl methyl sites for hydroxylation is 2. The van der Waals surface area contributed by atoms with Gasteiger partial charge in [-0.05, 0) is 50.1 Å². The third kappa shape index (κ3) is 4.25. The van der Waals surface area contributed by atoms with Gasteiger partial charge in [0.25, 0.3) is 0 Å². The van der Waals surface area contributed by atoms with Gasteiger partial charge in [0.2, 0.25) is 5.91 Å². The zero-order valence-corrected chi connectivity index (χ0v) is 16.8. The van der Waals surface area contributed by atoms with E-state index in [9.17, 15) is 4.79 Å². The Morgan fingerprint density at radius 3 is 2.58 bits per heavy atom. The minimum absolute atomic E-state index is 0.00856. The van der Waals surface area contributed by atoms with E-state index in [4.69, 9.17) is 4.42 Å². The molecule has 2 heterocycles. The molecule has 1 aromatic carbocycles. The Bertz CT molecular complexity index is 910. The summed E-state index contributed by atoms with van der Waals surface area (Å²) in [7, 11) is 1.92. The molecule has 0 radical (unpaired) electrons. The first kappa shape index (κ1) is 18.5. The van der Waals surface area contributed by atoms with Crippen LogP contribution in [0.1, 0.15) is 29.1 Å². The fraction of sp³-hybridized carbons (Fsp3) is 0.300. The molecule has 6 heteroatoms.